The smallest absolute Gasteiger partial charge is 0.462 e. The number of hydrogen-bond donors (Lipinski definition) is 3. The summed E-state index contributed by atoms with van der Waals surface area (Å²) in [4.78, 5) is 34.8. The van der Waals surface area contributed by atoms with E-state index in [1.165, 1.54) is 64.2 Å². The van der Waals surface area contributed by atoms with E-state index in [0.29, 0.717) is 25.7 Å². The molecule has 56 heavy (non-hydrogen) atoms. The second kappa shape index (κ2) is 40.6. The summed E-state index contributed by atoms with van der Waals surface area (Å²) in [6.07, 6.45) is 45.3. The van der Waals surface area contributed by atoms with E-state index in [-0.39, 0.29) is 32.6 Å². The number of phosphoric ester groups is 1. The monoisotopic (exact) mass is 808 g/mol. The van der Waals surface area contributed by atoms with Gasteiger partial charge in [-0.05, 0) is 77.0 Å². The Morgan fingerprint density at radius 1 is 0.625 bits per heavy atom. The van der Waals surface area contributed by atoms with Crippen molar-refractivity contribution < 1.29 is 42.7 Å². The Bertz CT molecular complexity index is 1160. The Hall–Kier alpha value is -2.59. The normalized spacial score (nSPS) is 14.6. The van der Waals surface area contributed by atoms with Crippen LogP contribution in [0, 0.1) is 0 Å². The first kappa shape index (κ1) is 53.4. The van der Waals surface area contributed by atoms with Crippen molar-refractivity contribution in [2.45, 2.75) is 174 Å². The molecule has 0 aromatic heterocycles. The third-order valence-electron chi connectivity index (χ3n) is 8.65. The number of aliphatic hydroxyl groups excluding tert-OH is 1. The Morgan fingerprint density at radius 2 is 1.16 bits per heavy atom. The summed E-state index contributed by atoms with van der Waals surface area (Å²) in [5.41, 5.74) is 5.34. The summed E-state index contributed by atoms with van der Waals surface area (Å²) < 4.78 is 32.7. The van der Waals surface area contributed by atoms with Gasteiger partial charge in [-0.1, -0.05) is 145 Å². The lowest BCUT2D eigenvalue weighted by Crippen LogP contribution is -2.29. The molecule has 322 valence electrons. The average Bonchev–Trinajstić information content (AvgIpc) is 3.18. The minimum atomic E-state index is -4.41. The number of nitrogens with two attached hydrogens (primary N) is 1. The van der Waals surface area contributed by atoms with E-state index in [9.17, 15) is 24.2 Å². The molecular weight excluding hydrogens is 729 g/mol. The van der Waals surface area contributed by atoms with Crippen LogP contribution < -0.4 is 5.73 Å². The highest BCUT2D eigenvalue weighted by Gasteiger charge is 2.25. The first-order chi connectivity index (χ1) is 27.2. The minimum absolute atomic E-state index is 0.0301. The maximum Gasteiger partial charge on any atom is 0.472 e. The molecule has 1 unspecified atom stereocenters. The van der Waals surface area contributed by atoms with E-state index in [1.54, 1.807) is 6.08 Å². The zero-order valence-corrected chi connectivity index (χ0v) is 35.8. The van der Waals surface area contributed by atoms with E-state index in [1.807, 2.05) is 36.5 Å². The maximum absolute atomic E-state index is 12.6. The molecule has 0 spiro atoms. The van der Waals surface area contributed by atoms with E-state index in [4.69, 9.17) is 24.3 Å². The van der Waals surface area contributed by atoms with Gasteiger partial charge in [-0.2, -0.15) is 0 Å². The van der Waals surface area contributed by atoms with Gasteiger partial charge in [-0.25, -0.2) is 4.57 Å². The topological polar surface area (TPSA) is 155 Å². The molecule has 3 atom stereocenters. The number of phosphoric acid groups is 1. The molecule has 0 aromatic rings. The van der Waals surface area contributed by atoms with Crippen molar-refractivity contribution in [2.24, 2.45) is 5.73 Å². The highest BCUT2D eigenvalue weighted by Crippen LogP contribution is 2.43. The molecule has 0 aliphatic rings. The summed E-state index contributed by atoms with van der Waals surface area (Å²) in [7, 11) is -4.41. The number of allylic oxidation sites excluding steroid dienone is 10. The Kier molecular flexibility index (Phi) is 38.7. The molecule has 0 bridgehead atoms. The van der Waals surface area contributed by atoms with Crippen LogP contribution in [-0.2, 0) is 32.7 Å². The van der Waals surface area contributed by atoms with Crippen LogP contribution in [0.4, 0.5) is 0 Å². The lowest BCUT2D eigenvalue weighted by molar-refractivity contribution is -0.161. The zero-order valence-electron chi connectivity index (χ0n) is 35.0. The molecule has 10 nitrogen and oxygen atoms in total. The number of unbranched alkanes of at least 4 members (excludes halogenated alkanes) is 14. The van der Waals surface area contributed by atoms with Crippen molar-refractivity contribution in [3.05, 3.63) is 72.9 Å². The number of carbonyl (C=O) groups is 2. The molecule has 0 fully saturated rings. The standard InChI is InChI=1S/C45H78NO9P/c1-3-5-7-9-11-12-13-14-15-16-17-18-19-20-24-28-32-36-44(48)52-40-43(41-54-56(50,51)53-39-38-46)55-45(49)37-33-29-25-22-21-23-27-31-35-42(47)34-30-26-10-8-6-4-2/h11-12,14-15,22-23,25-27,30-31,35,42-43,47H,3-10,13,16-21,24,28-29,32-34,36-41,46H2,1-2H3,(H,50,51)/b12-11-,15-14-,25-22-,27-23-,30-26-,35-31+/t42-,43+/m0/s1. The molecule has 0 saturated heterocycles. The third kappa shape index (κ3) is 39.6. The molecule has 0 aliphatic carbocycles. The highest BCUT2D eigenvalue weighted by molar-refractivity contribution is 7.47. The van der Waals surface area contributed by atoms with Gasteiger partial charge in [0.05, 0.1) is 19.3 Å². The predicted octanol–water partition coefficient (Wildman–Crippen LogP) is 11.2. The van der Waals surface area contributed by atoms with Gasteiger partial charge in [0.1, 0.15) is 6.61 Å². The van der Waals surface area contributed by atoms with Gasteiger partial charge in [0, 0.05) is 19.4 Å². The van der Waals surface area contributed by atoms with Gasteiger partial charge in [0.15, 0.2) is 6.10 Å². The second-order valence-corrected chi connectivity index (χ2v) is 15.5. The number of aliphatic hydroxyl groups is 1. The van der Waals surface area contributed by atoms with Crippen LogP contribution in [0.15, 0.2) is 72.9 Å². The molecule has 4 N–H and O–H groups in total. The van der Waals surface area contributed by atoms with Gasteiger partial charge in [-0.3, -0.25) is 18.6 Å². The Morgan fingerprint density at radius 3 is 1.79 bits per heavy atom. The van der Waals surface area contributed by atoms with Gasteiger partial charge < -0.3 is 25.2 Å². The van der Waals surface area contributed by atoms with Crippen LogP contribution in [-0.4, -0.2) is 60.5 Å². The van der Waals surface area contributed by atoms with Crippen LogP contribution in [0.2, 0.25) is 0 Å². The molecular formula is C45H78NO9P. The van der Waals surface area contributed by atoms with E-state index in [2.05, 4.69) is 44.2 Å². The van der Waals surface area contributed by atoms with Crippen molar-refractivity contribution in [1.82, 2.24) is 0 Å². The first-order valence-electron chi connectivity index (χ1n) is 21.5. The number of ether oxygens (including phenoxy) is 2. The molecule has 0 radical (unpaired) electrons. The van der Waals surface area contributed by atoms with Crippen LogP contribution >= 0.6 is 7.82 Å². The summed E-state index contributed by atoms with van der Waals surface area (Å²) in [6, 6.07) is 0. The fraction of sp³-hybridized carbons (Fsp3) is 0.689. The van der Waals surface area contributed by atoms with Crippen LogP contribution in [0.5, 0.6) is 0 Å². The SMILES string of the molecule is CCCCC/C=C\C/C=C\CCCCCCCCCC(=O)OC[C@H](COP(=O)(O)OCCN)OC(=O)CCC/C=C\C/C=C\C=C\[C@@H](O)C/C=C\CCCCC. The predicted molar refractivity (Wildman–Crippen MR) is 230 cm³/mol. The van der Waals surface area contributed by atoms with E-state index < -0.39 is 38.6 Å². The van der Waals surface area contributed by atoms with Crippen LogP contribution in [0.3, 0.4) is 0 Å². The molecule has 11 heteroatoms. The van der Waals surface area contributed by atoms with Crippen molar-refractivity contribution in [1.29, 1.82) is 0 Å². The summed E-state index contributed by atoms with van der Waals surface area (Å²) >= 11 is 0. The fourth-order valence-electron chi connectivity index (χ4n) is 5.39. The lowest BCUT2D eigenvalue weighted by atomic mass is 10.1. The molecule has 0 saturated carbocycles. The maximum atomic E-state index is 12.6. The van der Waals surface area contributed by atoms with Crippen molar-refractivity contribution in [2.75, 3.05) is 26.4 Å². The first-order valence-corrected chi connectivity index (χ1v) is 23.0. The summed E-state index contributed by atoms with van der Waals surface area (Å²) in [5.74, 6) is -0.948. The van der Waals surface area contributed by atoms with Gasteiger partial charge in [-0.15, -0.1) is 0 Å². The van der Waals surface area contributed by atoms with Crippen LogP contribution in [0.1, 0.15) is 162 Å². The molecule has 0 heterocycles. The Balaban J connectivity index is 4.35. The van der Waals surface area contributed by atoms with Crippen LogP contribution in [0.25, 0.3) is 0 Å². The average molecular weight is 808 g/mol. The molecule has 0 amide bonds. The number of rotatable bonds is 39. The van der Waals surface area contributed by atoms with Gasteiger partial charge >= 0.3 is 19.8 Å². The number of hydrogen-bond acceptors (Lipinski definition) is 9. The lowest BCUT2D eigenvalue weighted by Gasteiger charge is -2.19. The van der Waals surface area contributed by atoms with E-state index in [0.717, 1.165) is 44.9 Å². The molecule has 0 aromatic carbocycles. The van der Waals surface area contributed by atoms with Gasteiger partial charge in [0.2, 0.25) is 0 Å². The quantitative estimate of drug-likeness (QED) is 0.0180. The van der Waals surface area contributed by atoms with Crippen molar-refractivity contribution in [3.63, 3.8) is 0 Å². The summed E-state index contributed by atoms with van der Waals surface area (Å²) in [6.45, 7) is 3.49. The molecule has 0 rings (SSSR count). The largest absolute Gasteiger partial charge is 0.472 e. The zero-order chi connectivity index (χ0) is 41.2. The summed E-state index contributed by atoms with van der Waals surface area (Å²) in [5, 5.41) is 10.0. The number of carbonyl (C=O) groups excluding carboxylic acids is 2. The van der Waals surface area contributed by atoms with Gasteiger partial charge in [0.25, 0.3) is 0 Å². The second-order valence-electron chi connectivity index (χ2n) is 14.1. The van der Waals surface area contributed by atoms with Crippen molar-refractivity contribution >= 4 is 19.8 Å². The number of esters is 2. The Labute approximate surface area is 340 Å². The minimum Gasteiger partial charge on any atom is -0.462 e. The molecule has 0 aliphatic heterocycles. The fourth-order valence-corrected chi connectivity index (χ4v) is 6.15. The third-order valence-corrected chi connectivity index (χ3v) is 9.63. The van der Waals surface area contributed by atoms with E-state index >= 15 is 0 Å². The highest BCUT2D eigenvalue weighted by atomic mass is 31.2. The van der Waals surface area contributed by atoms with Crippen molar-refractivity contribution in [3.8, 4) is 0 Å².